The lowest BCUT2D eigenvalue weighted by molar-refractivity contribution is -0.118. The van der Waals surface area contributed by atoms with E-state index in [1.54, 1.807) is 48.5 Å². The third-order valence-corrected chi connectivity index (χ3v) is 4.47. The predicted octanol–water partition coefficient (Wildman–Crippen LogP) is 3.62. The van der Waals surface area contributed by atoms with Gasteiger partial charge in [0.25, 0.3) is 11.5 Å². The number of H-pyrrole nitrogens is 1. The zero-order chi connectivity index (χ0) is 20.9. The smallest absolute Gasteiger partial charge is 0.262 e. The number of anilines is 1. The molecule has 0 atom stereocenters. The summed E-state index contributed by atoms with van der Waals surface area (Å²) in [5.41, 5.74) is 1.69. The molecular weight excluding hydrogens is 382 g/mol. The number of nitrogens with zero attached hydrogens (tertiary/aromatic N) is 1. The molecule has 0 aliphatic carbocycles. The highest BCUT2D eigenvalue weighted by atomic mass is 16.5. The molecule has 0 unspecified atom stereocenters. The van der Waals surface area contributed by atoms with E-state index in [1.165, 1.54) is 7.11 Å². The van der Waals surface area contributed by atoms with Crippen molar-refractivity contribution in [1.29, 1.82) is 0 Å². The summed E-state index contributed by atoms with van der Waals surface area (Å²) >= 11 is 0. The summed E-state index contributed by atoms with van der Waals surface area (Å²) < 4.78 is 11.0. The van der Waals surface area contributed by atoms with Gasteiger partial charge >= 0.3 is 0 Å². The number of ether oxygens (including phenoxy) is 2. The summed E-state index contributed by atoms with van der Waals surface area (Å²) in [5.74, 6) is 0.939. The molecule has 1 aromatic heterocycles. The highest BCUT2D eigenvalue weighted by molar-refractivity contribution is 5.91. The number of carbonyl (C=O) groups is 1. The van der Waals surface area contributed by atoms with Crippen LogP contribution in [0.2, 0.25) is 0 Å². The molecule has 150 valence electrons. The van der Waals surface area contributed by atoms with E-state index in [0.29, 0.717) is 39.5 Å². The number of aromatic nitrogens is 2. The Labute approximate surface area is 172 Å². The van der Waals surface area contributed by atoms with Gasteiger partial charge in [-0.1, -0.05) is 30.3 Å². The van der Waals surface area contributed by atoms with Crippen LogP contribution in [0.4, 0.5) is 5.69 Å². The molecule has 0 saturated heterocycles. The first-order valence-electron chi connectivity index (χ1n) is 9.29. The Balaban J connectivity index is 1.58. The van der Waals surface area contributed by atoms with Gasteiger partial charge in [-0.05, 0) is 42.5 Å². The maximum Gasteiger partial charge on any atom is 0.262 e. The Kier molecular flexibility index (Phi) is 5.43. The molecule has 1 heterocycles. The van der Waals surface area contributed by atoms with Gasteiger partial charge in [-0.2, -0.15) is 0 Å². The number of fused-ring (bicyclic) bond motifs is 1. The standard InChI is InChI=1S/C23H19N3O4/c1-29-19-12-11-15(22-25-18-10-6-5-9-17(18)23(28)26-22)13-20(19)30-14-21(27)24-16-7-3-2-4-8-16/h2-13H,14H2,1H3,(H,24,27)(H,25,26,28). The Morgan fingerprint density at radius 1 is 1.00 bits per heavy atom. The van der Waals surface area contributed by atoms with E-state index in [4.69, 9.17) is 9.47 Å². The SMILES string of the molecule is COc1ccc(-c2nc3ccccc3c(=O)[nH]2)cc1OCC(=O)Nc1ccccc1. The molecule has 0 saturated carbocycles. The highest BCUT2D eigenvalue weighted by Crippen LogP contribution is 2.31. The van der Waals surface area contributed by atoms with Crippen LogP contribution in [-0.4, -0.2) is 29.6 Å². The summed E-state index contributed by atoms with van der Waals surface area (Å²) in [5, 5.41) is 3.28. The van der Waals surface area contributed by atoms with Crippen molar-refractivity contribution in [1.82, 2.24) is 9.97 Å². The maximum absolute atomic E-state index is 12.4. The molecule has 0 bridgehead atoms. The average molecular weight is 401 g/mol. The molecule has 0 aliphatic heterocycles. The van der Waals surface area contributed by atoms with E-state index in [1.807, 2.05) is 24.3 Å². The van der Waals surface area contributed by atoms with E-state index in [9.17, 15) is 9.59 Å². The van der Waals surface area contributed by atoms with Crippen LogP contribution >= 0.6 is 0 Å². The van der Waals surface area contributed by atoms with Gasteiger partial charge in [0.05, 0.1) is 18.0 Å². The van der Waals surface area contributed by atoms with Gasteiger partial charge in [0.2, 0.25) is 0 Å². The van der Waals surface area contributed by atoms with Gasteiger partial charge < -0.3 is 19.8 Å². The monoisotopic (exact) mass is 401 g/mol. The first-order chi connectivity index (χ1) is 14.6. The molecule has 0 fully saturated rings. The summed E-state index contributed by atoms with van der Waals surface area (Å²) in [6.45, 7) is -0.198. The van der Waals surface area contributed by atoms with Crippen LogP contribution in [0.15, 0.2) is 77.6 Å². The van der Waals surface area contributed by atoms with Gasteiger partial charge in [-0.15, -0.1) is 0 Å². The van der Waals surface area contributed by atoms with Crippen LogP contribution in [-0.2, 0) is 4.79 Å². The van der Waals surface area contributed by atoms with Gasteiger partial charge in [0.15, 0.2) is 18.1 Å². The van der Waals surface area contributed by atoms with Crippen LogP contribution in [0.1, 0.15) is 0 Å². The Hall–Kier alpha value is -4.13. The number of hydrogen-bond donors (Lipinski definition) is 2. The van der Waals surface area contributed by atoms with Crippen molar-refractivity contribution >= 4 is 22.5 Å². The van der Waals surface area contributed by atoms with E-state index in [-0.39, 0.29) is 18.1 Å². The molecule has 4 rings (SSSR count). The van der Waals surface area contributed by atoms with Gasteiger partial charge in [-0.3, -0.25) is 9.59 Å². The van der Waals surface area contributed by atoms with Crippen LogP contribution in [0, 0.1) is 0 Å². The molecule has 0 aliphatic rings. The lowest BCUT2D eigenvalue weighted by atomic mass is 10.1. The van der Waals surface area contributed by atoms with E-state index in [2.05, 4.69) is 15.3 Å². The Morgan fingerprint density at radius 2 is 1.77 bits per heavy atom. The number of rotatable bonds is 6. The quantitative estimate of drug-likeness (QED) is 0.515. The van der Waals surface area contributed by atoms with Crippen molar-refractivity contribution in [3.8, 4) is 22.9 Å². The van der Waals surface area contributed by atoms with Crippen molar-refractivity contribution < 1.29 is 14.3 Å². The number of amides is 1. The number of hydrogen-bond acceptors (Lipinski definition) is 5. The molecule has 1 amide bonds. The Bertz CT molecular complexity index is 1250. The third kappa shape index (κ3) is 4.15. The largest absolute Gasteiger partial charge is 0.493 e. The number of aromatic amines is 1. The first kappa shape index (κ1) is 19.2. The van der Waals surface area contributed by atoms with Crippen molar-refractivity contribution in [2.24, 2.45) is 0 Å². The second-order valence-electron chi connectivity index (χ2n) is 6.50. The number of carbonyl (C=O) groups excluding carboxylic acids is 1. The molecule has 0 radical (unpaired) electrons. The van der Waals surface area contributed by atoms with Gasteiger partial charge in [0.1, 0.15) is 5.82 Å². The van der Waals surface area contributed by atoms with Crippen molar-refractivity contribution in [2.45, 2.75) is 0 Å². The lowest BCUT2D eigenvalue weighted by Gasteiger charge is -2.12. The number of para-hydroxylation sites is 2. The fraction of sp³-hybridized carbons (Fsp3) is 0.0870. The van der Waals surface area contributed by atoms with Gasteiger partial charge in [-0.25, -0.2) is 4.98 Å². The van der Waals surface area contributed by atoms with Crippen LogP contribution < -0.4 is 20.3 Å². The molecule has 4 aromatic rings. The summed E-state index contributed by atoms with van der Waals surface area (Å²) in [6, 6.07) is 21.4. The minimum absolute atomic E-state index is 0.198. The molecule has 7 nitrogen and oxygen atoms in total. The van der Waals surface area contributed by atoms with Crippen molar-refractivity contribution in [2.75, 3.05) is 19.0 Å². The van der Waals surface area contributed by atoms with Gasteiger partial charge in [0, 0.05) is 11.3 Å². The molecular formula is C23H19N3O4. The van der Waals surface area contributed by atoms with Crippen LogP contribution in [0.5, 0.6) is 11.5 Å². The summed E-state index contributed by atoms with van der Waals surface area (Å²) in [7, 11) is 1.52. The normalized spacial score (nSPS) is 10.6. The topological polar surface area (TPSA) is 93.3 Å². The second kappa shape index (κ2) is 8.48. The summed E-state index contributed by atoms with van der Waals surface area (Å²) in [6.07, 6.45) is 0. The van der Waals surface area contributed by atoms with Crippen LogP contribution in [0.3, 0.4) is 0 Å². The molecule has 3 aromatic carbocycles. The first-order valence-corrected chi connectivity index (χ1v) is 9.29. The molecule has 7 heteroatoms. The zero-order valence-corrected chi connectivity index (χ0v) is 16.2. The molecule has 30 heavy (non-hydrogen) atoms. The van der Waals surface area contributed by atoms with E-state index >= 15 is 0 Å². The lowest BCUT2D eigenvalue weighted by Crippen LogP contribution is -2.20. The summed E-state index contributed by atoms with van der Waals surface area (Å²) in [4.78, 5) is 31.9. The number of nitrogens with one attached hydrogen (secondary N) is 2. The minimum atomic E-state index is -0.300. The minimum Gasteiger partial charge on any atom is -0.493 e. The fourth-order valence-corrected chi connectivity index (χ4v) is 3.02. The third-order valence-electron chi connectivity index (χ3n) is 4.47. The Morgan fingerprint density at radius 3 is 2.57 bits per heavy atom. The molecule has 2 N–H and O–H groups in total. The molecule has 0 spiro atoms. The van der Waals surface area contributed by atoms with Crippen LogP contribution in [0.25, 0.3) is 22.3 Å². The zero-order valence-electron chi connectivity index (χ0n) is 16.2. The average Bonchev–Trinajstić information content (AvgIpc) is 2.78. The highest BCUT2D eigenvalue weighted by Gasteiger charge is 2.12. The number of benzene rings is 3. The van der Waals surface area contributed by atoms with Crippen molar-refractivity contribution in [3.05, 3.63) is 83.2 Å². The predicted molar refractivity (Wildman–Crippen MR) is 115 cm³/mol. The fourth-order valence-electron chi connectivity index (χ4n) is 3.02. The maximum atomic E-state index is 12.4. The van der Waals surface area contributed by atoms with E-state index in [0.717, 1.165) is 0 Å². The van der Waals surface area contributed by atoms with Crippen molar-refractivity contribution in [3.63, 3.8) is 0 Å². The number of methoxy groups -OCH3 is 1. The van der Waals surface area contributed by atoms with E-state index < -0.39 is 0 Å². The second-order valence-corrected chi connectivity index (χ2v) is 6.50.